The Labute approximate surface area is 168 Å². The number of phenols is 1. The maximum atomic E-state index is 13.7. The second-order valence-corrected chi connectivity index (χ2v) is 7.49. The molecule has 2 aromatic heterocycles. The first-order valence-electron chi connectivity index (χ1n) is 9.85. The van der Waals surface area contributed by atoms with Gasteiger partial charge in [0, 0.05) is 36.6 Å². The maximum absolute atomic E-state index is 13.7. The summed E-state index contributed by atoms with van der Waals surface area (Å²) in [6.45, 7) is 0.962. The highest BCUT2D eigenvalue weighted by Gasteiger charge is 2.25. The van der Waals surface area contributed by atoms with Crippen LogP contribution < -0.4 is 4.90 Å². The van der Waals surface area contributed by atoms with Crippen molar-refractivity contribution in [2.45, 2.75) is 25.8 Å². The molecule has 3 heterocycles. The number of aromatic hydroxyl groups is 1. The molecule has 29 heavy (non-hydrogen) atoms. The lowest BCUT2D eigenvalue weighted by atomic mass is 10.1. The van der Waals surface area contributed by atoms with E-state index in [1.807, 2.05) is 42.2 Å². The number of aryl methyl sites for hydroxylation is 2. The zero-order valence-corrected chi connectivity index (χ0v) is 16.2. The molecule has 0 unspecified atom stereocenters. The Balaban J connectivity index is 1.64. The number of rotatable bonds is 3. The average Bonchev–Trinajstić information content (AvgIpc) is 3.33. The van der Waals surface area contributed by atoms with Crippen LogP contribution in [-0.4, -0.2) is 25.4 Å². The number of nitrogens with zero attached hydrogens (tertiary/aromatic N) is 4. The van der Waals surface area contributed by atoms with Gasteiger partial charge >= 0.3 is 0 Å². The number of amides is 1. The summed E-state index contributed by atoms with van der Waals surface area (Å²) < 4.78 is 4.01. The van der Waals surface area contributed by atoms with Crippen LogP contribution in [0, 0.1) is 0 Å². The third kappa shape index (κ3) is 2.97. The van der Waals surface area contributed by atoms with Crippen LogP contribution in [0.3, 0.4) is 0 Å². The Kier molecular flexibility index (Phi) is 4.12. The molecule has 0 bridgehead atoms. The second-order valence-electron chi connectivity index (χ2n) is 7.49. The first-order chi connectivity index (χ1) is 14.1. The number of hydrogen-bond donors (Lipinski definition) is 1. The first kappa shape index (κ1) is 17.6. The summed E-state index contributed by atoms with van der Waals surface area (Å²) in [7, 11) is 1.90. The van der Waals surface area contributed by atoms with E-state index in [2.05, 4.69) is 9.67 Å². The van der Waals surface area contributed by atoms with Crippen LogP contribution in [0.4, 0.5) is 11.4 Å². The van der Waals surface area contributed by atoms with E-state index >= 15 is 0 Å². The van der Waals surface area contributed by atoms with E-state index in [0.29, 0.717) is 5.69 Å². The first-order valence-corrected chi connectivity index (χ1v) is 9.85. The van der Waals surface area contributed by atoms with E-state index < -0.39 is 0 Å². The van der Waals surface area contributed by atoms with Gasteiger partial charge in [0.15, 0.2) is 0 Å². The van der Waals surface area contributed by atoms with Crippen molar-refractivity contribution in [2.24, 2.45) is 7.05 Å². The zero-order chi connectivity index (χ0) is 20.0. The minimum atomic E-state index is -0.0606. The highest BCUT2D eigenvalue weighted by molar-refractivity contribution is 6.12. The van der Waals surface area contributed by atoms with Gasteiger partial charge in [-0.05, 0) is 67.8 Å². The topological polar surface area (TPSA) is 63.3 Å². The molecule has 4 aromatic rings. The van der Waals surface area contributed by atoms with E-state index in [1.54, 1.807) is 35.4 Å². The highest BCUT2D eigenvalue weighted by atomic mass is 16.3. The summed E-state index contributed by atoms with van der Waals surface area (Å²) in [6.07, 6.45) is 6.98. The van der Waals surface area contributed by atoms with Crippen LogP contribution in [0.5, 0.6) is 5.75 Å². The van der Waals surface area contributed by atoms with Crippen molar-refractivity contribution in [3.63, 3.8) is 0 Å². The number of hydrogen-bond acceptors (Lipinski definition) is 3. The molecule has 0 spiro atoms. The number of fused-ring (bicyclic) bond motifs is 2. The van der Waals surface area contributed by atoms with Gasteiger partial charge in [-0.3, -0.25) is 14.4 Å². The molecule has 1 aliphatic rings. The largest absolute Gasteiger partial charge is 0.508 e. The number of aromatic nitrogens is 3. The molecule has 0 saturated heterocycles. The van der Waals surface area contributed by atoms with Crippen molar-refractivity contribution in [2.75, 3.05) is 4.90 Å². The van der Waals surface area contributed by atoms with E-state index in [0.717, 1.165) is 53.7 Å². The fraction of sp³-hybridized carbons (Fsp3) is 0.217. The molecule has 0 aliphatic carbocycles. The Morgan fingerprint density at radius 3 is 2.69 bits per heavy atom. The second kappa shape index (κ2) is 6.81. The molecule has 1 aliphatic heterocycles. The fourth-order valence-electron chi connectivity index (χ4n) is 4.16. The van der Waals surface area contributed by atoms with E-state index in [4.69, 9.17) is 0 Å². The summed E-state index contributed by atoms with van der Waals surface area (Å²) in [6, 6.07) is 14.6. The van der Waals surface area contributed by atoms with Gasteiger partial charge in [-0.1, -0.05) is 0 Å². The van der Waals surface area contributed by atoms with Crippen molar-refractivity contribution in [3.05, 3.63) is 72.2 Å². The highest BCUT2D eigenvalue weighted by Crippen LogP contribution is 2.33. The molecule has 1 N–H and O–H groups in total. The standard InChI is InChI=1S/C23H22N4O2/c1-25-21-10-7-18(14-16(21)15-24-25)27(17-5-8-19(28)9-6-17)23(29)20-11-13-26-12-3-2-4-22(20)26/h5-11,13-15,28H,2-4,12H2,1H3. The van der Waals surface area contributed by atoms with Crippen molar-refractivity contribution in [1.29, 1.82) is 0 Å². The molecule has 5 rings (SSSR count). The Morgan fingerprint density at radius 1 is 1.07 bits per heavy atom. The molecule has 0 saturated carbocycles. The number of phenolic OH excluding ortho intramolecular Hbond substituents is 1. The van der Waals surface area contributed by atoms with Crippen LogP contribution in [0.2, 0.25) is 0 Å². The SMILES string of the molecule is Cn1ncc2cc(N(C(=O)c3ccn4c3CCCC4)c3ccc(O)cc3)ccc21. The maximum Gasteiger partial charge on any atom is 0.264 e. The molecular formula is C23H22N4O2. The van der Waals surface area contributed by atoms with Crippen molar-refractivity contribution >= 4 is 28.2 Å². The van der Waals surface area contributed by atoms with Gasteiger partial charge in [0.05, 0.1) is 23.0 Å². The third-order valence-corrected chi connectivity index (χ3v) is 5.67. The smallest absolute Gasteiger partial charge is 0.264 e. The van der Waals surface area contributed by atoms with Gasteiger partial charge in [-0.2, -0.15) is 5.10 Å². The molecule has 0 atom stereocenters. The number of carbonyl (C=O) groups excluding carboxylic acids is 1. The lowest BCUT2D eigenvalue weighted by Crippen LogP contribution is -2.27. The molecule has 0 radical (unpaired) electrons. The summed E-state index contributed by atoms with van der Waals surface area (Å²) in [5, 5.41) is 15.0. The molecule has 0 fully saturated rings. The summed E-state index contributed by atoms with van der Waals surface area (Å²) in [5.41, 5.74) is 4.34. The fourth-order valence-corrected chi connectivity index (χ4v) is 4.16. The van der Waals surface area contributed by atoms with Crippen LogP contribution in [0.25, 0.3) is 10.9 Å². The lowest BCUT2D eigenvalue weighted by Gasteiger charge is -2.24. The van der Waals surface area contributed by atoms with Gasteiger partial charge in [0.1, 0.15) is 5.75 Å². The van der Waals surface area contributed by atoms with Gasteiger partial charge in [-0.15, -0.1) is 0 Å². The summed E-state index contributed by atoms with van der Waals surface area (Å²) in [4.78, 5) is 15.5. The van der Waals surface area contributed by atoms with Gasteiger partial charge < -0.3 is 9.67 Å². The summed E-state index contributed by atoms with van der Waals surface area (Å²) in [5.74, 6) is 0.111. The predicted octanol–water partition coefficient (Wildman–Crippen LogP) is 4.40. The molecular weight excluding hydrogens is 364 g/mol. The molecule has 2 aromatic carbocycles. The van der Waals surface area contributed by atoms with Crippen LogP contribution >= 0.6 is 0 Å². The normalized spacial score (nSPS) is 13.4. The van der Waals surface area contributed by atoms with E-state index in [9.17, 15) is 9.90 Å². The average molecular weight is 386 g/mol. The molecule has 1 amide bonds. The zero-order valence-electron chi connectivity index (χ0n) is 16.2. The quantitative estimate of drug-likeness (QED) is 0.568. The van der Waals surface area contributed by atoms with E-state index in [1.165, 1.54) is 0 Å². The van der Waals surface area contributed by atoms with Gasteiger partial charge in [0.2, 0.25) is 0 Å². The minimum absolute atomic E-state index is 0.0606. The number of benzene rings is 2. The van der Waals surface area contributed by atoms with Gasteiger partial charge in [-0.25, -0.2) is 0 Å². The van der Waals surface area contributed by atoms with Crippen LogP contribution in [0.15, 0.2) is 60.9 Å². The number of anilines is 2. The Hall–Kier alpha value is -3.54. The third-order valence-electron chi connectivity index (χ3n) is 5.67. The lowest BCUT2D eigenvalue weighted by molar-refractivity contribution is 0.0998. The monoisotopic (exact) mass is 386 g/mol. The van der Waals surface area contributed by atoms with Crippen LogP contribution in [0.1, 0.15) is 28.9 Å². The molecule has 146 valence electrons. The Morgan fingerprint density at radius 2 is 1.86 bits per heavy atom. The summed E-state index contributed by atoms with van der Waals surface area (Å²) >= 11 is 0. The Bertz CT molecular complexity index is 1200. The molecule has 6 nitrogen and oxygen atoms in total. The predicted molar refractivity (Wildman–Crippen MR) is 113 cm³/mol. The molecule has 6 heteroatoms. The van der Waals surface area contributed by atoms with Crippen LogP contribution in [-0.2, 0) is 20.0 Å². The van der Waals surface area contributed by atoms with Crippen molar-refractivity contribution in [1.82, 2.24) is 14.3 Å². The van der Waals surface area contributed by atoms with Crippen molar-refractivity contribution in [3.8, 4) is 5.75 Å². The van der Waals surface area contributed by atoms with E-state index in [-0.39, 0.29) is 11.7 Å². The number of carbonyl (C=O) groups is 1. The van der Waals surface area contributed by atoms with Crippen molar-refractivity contribution < 1.29 is 9.90 Å². The minimum Gasteiger partial charge on any atom is -0.508 e. The van der Waals surface area contributed by atoms with Gasteiger partial charge in [0.25, 0.3) is 5.91 Å².